The van der Waals surface area contributed by atoms with Gasteiger partial charge in [0.05, 0.1) is 32.0 Å². The van der Waals surface area contributed by atoms with Gasteiger partial charge < -0.3 is 28.1 Å². The topological polar surface area (TPSA) is 106 Å². The van der Waals surface area contributed by atoms with E-state index in [0.717, 1.165) is 23.6 Å². The number of hydrogen-bond donors (Lipinski definition) is 0. The molecule has 3 aromatic rings. The summed E-state index contributed by atoms with van der Waals surface area (Å²) in [5, 5.41) is 0.520. The van der Waals surface area contributed by atoms with Crippen molar-refractivity contribution in [3.05, 3.63) is 53.0 Å². The zero-order valence-electron chi connectivity index (χ0n) is 21.2. The van der Waals surface area contributed by atoms with Gasteiger partial charge in [0.1, 0.15) is 24.5 Å². The summed E-state index contributed by atoms with van der Waals surface area (Å²) in [6.07, 6.45) is -2.97. The van der Waals surface area contributed by atoms with Gasteiger partial charge in [0.2, 0.25) is 5.88 Å². The first-order valence-electron chi connectivity index (χ1n) is 12.1. The van der Waals surface area contributed by atoms with E-state index in [1.807, 2.05) is 0 Å². The van der Waals surface area contributed by atoms with Crippen LogP contribution in [-0.2, 0) is 19.0 Å². The van der Waals surface area contributed by atoms with Crippen molar-refractivity contribution in [1.82, 2.24) is 4.98 Å². The van der Waals surface area contributed by atoms with E-state index < -0.39 is 17.7 Å². The third-order valence-electron chi connectivity index (χ3n) is 4.99. The minimum Gasteiger partial charge on any atom is -0.475 e. The second kappa shape index (κ2) is 15.3. The van der Waals surface area contributed by atoms with Crippen LogP contribution in [-0.4, -0.2) is 68.5 Å². The normalized spacial score (nSPS) is 11.5. The van der Waals surface area contributed by atoms with Crippen LogP contribution >= 0.6 is 11.8 Å². The van der Waals surface area contributed by atoms with Gasteiger partial charge in [-0.3, -0.25) is 4.79 Å². The van der Waals surface area contributed by atoms with Crippen LogP contribution in [0, 0.1) is 0 Å². The number of hydrogen-bond acceptors (Lipinski definition) is 10. The molecule has 2 heterocycles. The summed E-state index contributed by atoms with van der Waals surface area (Å²) in [5.41, 5.74) is 0.147. The van der Waals surface area contributed by atoms with Gasteiger partial charge in [-0.25, -0.2) is 9.78 Å². The molecule has 0 aliphatic carbocycles. The van der Waals surface area contributed by atoms with Gasteiger partial charge in [-0.2, -0.15) is 11.8 Å². The lowest BCUT2D eigenvalue weighted by Gasteiger charge is -2.09. The van der Waals surface area contributed by atoms with Crippen molar-refractivity contribution in [3.63, 3.8) is 0 Å². The first kappa shape index (κ1) is 30.3. The third kappa shape index (κ3) is 10.8. The van der Waals surface area contributed by atoms with Crippen LogP contribution in [0.3, 0.4) is 0 Å². The number of esters is 1. The Balaban J connectivity index is 1.36. The number of carbonyl (C=O) groups excluding carboxylic acids is 1. The molecule has 212 valence electrons. The van der Waals surface area contributed by atoms with Crippen LogP contribution in [0.25, 0.3) is 22.1 Å². The number of ether oxygens (including phenoxy) is 5. The Bertz CT molecular complexity index is 1250. The number of carbonyl (C=O) groups is 1. The van der Waals surface area contributed by atoms with Crippen molar-refractivity contribution < 1.29 is 46.1 Å². The van der Waals surface area contributed by atoms with Crippen LogP contribution in [0.1, 0.15) is 13.3 Å². The van der Waals surface area contributed by atoms with E-state index >= 15 is 0 Å². The Morgan fingerprint density at radius 1 is 0.974 bits per heavy atom. The van der Waals surface area contributed by atoms with Crippen molar-refractivity contribution in [3.8, 4) is 22.8 Å². The molecule has 13 heteroatoms. The molecule has 0 spiro atoms. The molecule has 2 aromatic heterocycles. The van der Waals surface area contributed by atoms with Crippen LogP contribution < -0.4 is 15.1 Å². The van der Waals surface area contributed by atoms with E-state index in [1.165, 1.54) is 24.4 Å². The number of aromatic nitrogens is 1. The van der Waals surface area contributed by atoms with E-state index in [1.54, 1.807) is 24.8 Å². The fourth-order valence-electron chi connectivity index (χ4n) is 3.18. The van der Waals surface area contributed by atoms with Gasteiger partial charge in [-0.1, -0.05) is 19.1 Å². The van der Waals surface area contributed by atoms with Crippen LogP contribution in [0.5, 0.6) is 11.6 Å². The maximum Gasteiger partial charge on any atom is 0.573 e. The Morgan fingerprint density at radius 2 is 1.67 bits per heavy atom. The van der Waals surface area contributed by atoms with Crippen LogP contribution in [0.2, 0.25) is 0 Å². The molecule has 0 aliphatic heterocycles. The number of nitrogens with zero attached hydrogens (tertiary/aromatic N) is 1. The molecule has 1 aromatic carbocycles. The van der Waals surface area contributed by atoms with Crippen molar-refractivity contribution >= 4 is 28.7 Å². The lowest BCUT2D eigenvalue weighted by atomic mass is 10.1. The monoisotopic (exact) mass is 571 g/mol. The lowest BCUT2D eigenvalue weighted by molar-refractivity contribution is -0.274. The van der Waals surface area contributed by atoms with Gasteiger partial charge >= 0.3 is 18.0 Å². The molecule has 0 radical (unpaired) electrons. The summed E-state index contributed by atoms with van der Waals surface area (Å²) in [4.78, 5) is 27.7. The number of benzene rings is 1. The highest BCUT2D eigenvalue weighted by Crippen LogP contribution is 2.27. The highest BCUT2D eigenvalue weighted by Gasteiger charge is 2.31. The first-order valence-corrected chi connectivity index (χ1v) is 13.2. The largest absolute Gasteiger partial charge is 0.573 e. The number of thioether (sulfide) groups is 1. The Kier molecular flexibility index (Phi) is 11.9. The van der Waals surface area contributed by atoms with Crippen molar-refractivity contribution in [1.29, 1.82) is 0 Å². The summed E-state index contributed by atoms with van der Waals surface area (Å²) in [6.45, 7) is 4.07. The van der Waals surface area contributed by atoms with Crippen molar-refractivity contribution in [2.75, 3.05) is 51.1 Å². The average molecular weight is 572 g/mol. The maximum atomic E-state index is 12.5. The summed E-state index contributed by atoms with van der Waals surface area (Å²) < 4.78 is 67.6. The van der Waals surface area contributed by atoms with E-state index in [9.17, 15) is 22.8 Å². The number of pyridine rings is 1. The van der Waals surface area contributed by atoms with E-state index in [4.69, 9.17) is 23.4 Å². The molecular formula is C26H28F3NO8S. The molecule has 0 aliphatic rings. The molecule has 0 amide bonds. The fourth-order valence-corrected chi connectivity index (χ4v) is 3.85. The molecule has 0 atom stereocenters. The zero-order valence-corrected chi connectivity index (χ0v) is 22.0. The van der Waals surface area contributed by atoms with Gasteiger partial charge in [-0.05, 0) is 23.8 Å². The molecule has 39 heavy (non-hydrogen) atoms. The molecule has 0 N–H and O–H groups in total. The van der Waals surface area contributed by atoms with Crippen LogP contribution in [0.15, 0.2) is 51.8 Å². The number of halogens is 3. The van der Waals surface area contributed by atoms with Crippen LogP contribution in [0.4, 0.5) is 13.2 Å². The fraction of sp³-hybridized carbons (Fsp3) is 0.423. The smallest absolute Gasteiger partial charge is 0.475 e. The molecule has 0 unspecified atom stereocenters. The molecule has 0 saturated carbocycles. The van der Waals surface area contributed by atoms with Gasteiger partial charge in [-0.15, -0.1) is 13.2 Å². The number of fused-ring (bicyclic) bond motifs is 1. The van der Waals surface area contributed by atoms with Gasteiger partial charge in [0.25, 0.3) is 0 Å². The Morgan fingerprint density at radius 3 is 2.33 bits per heavy atom. The highest BCUT2D eigenvalue weighted by molar-refractivity contribution is 7.99. The summed E-state index contributed by atoms with van der Waals surface area (Å²) in [6, 6.07) is 7.95. The van der Waals surface area contributed by atoms with Crippen molar-refractivity contribution in [2.45, 2.75) is 19.7 Å². The summed E-state index contributed by atoms with van der Waals surface area (Å²) >= 11 is 1.68. The number of alkyl halides is 3. The Labute approximate surface area is 226 Å². The SMILES string of the molecule is CCC(=O)OCCOCCSCCOCCOc1cc2oc(=O)c(-c3ccc(OC(F)(F)F)cc3)cc2cn1. The molecule has 9 nitrogen and oxygen atoms in total. The summed E-state index contributed by atoms with van der Waals surface area (Å²) in [5.74, 6) is 1.21. The number of rotatable bonds is 16. The first-order chi connectivity index (χ1) is 18.7. The molecule has 3 rings (SSSR count). The summed E-state index contributed by atoms with van der Waals surface area (Å²) in [7, 11) is 0. The zero-order chi connectivity index (χ0) is 28.1. The minimum absolute atomic E-state index is 0.173. The van der Waals surface area contributed by atoms with Crippen molar-refractivity contribution in [2.24, 2.45) is 0 Å². The predicted molar refractivity (Wildman–Crippen MR) is 138 cm³/mol. The standard InChI is InChI=1S/C26H28F3NO8S/c1-2-24(31)36-10-8-34-12-14-39-13-11-33-7-9-35-23-16-22-19(17-30-23)15-21(25(32)37-22)18-3-5-20(6-4-18)38-26(27,28)29/h3-6,15-17H,2,7-14H2,1H3. The average Bonchev–Trinajstić information content (AvgIpc) is 2.90. The molecule has 0 bridgehead atoms. The van der Waals surface area contributed by atoms with Gasteiger partial charge in [0.15, 0.2) is 0 Å². The third-order valence-corrected chi connectivity index (χ3v) is 5.90. The minimum atomic E-state index is -4.80. The predicted octanol–water partition coefficient (Wildman–Crippen LogP) is 4.85. The quantitative estimate of drug-likeness (QED) is 0.175. The van der Waals surface area contributed by atoms with E-state index in [2.05, 4.69) is 9.72 Å². The van der Waals surface area contributed by atoms with Gasteiger partial charge in [0, 0.05) is 35.6 Å². The molecule has 0 saturated heterocycles. The maximum absolute atomic E-state index is 12.5. The van der Waals surface area contributed by atoms with E-state index in [-0.39, 0.29) is 36.2 Å². The second-order valence-corrected chi connectivity index (χ2v) is 9.06. The highest BCUT2D eigenvalue weighted by atomic mass is 32.2. The lowest BCUT2D eigenvalue weighted by Crippen LogP contribution is -2.17. The molecule has 0 fully saturated rings. The Hall–Kier alpha value is -3.29. The second-order valence-electron chi connectivity index (χ2n) is 7.84. The molecular weight excluding hydrogens is 543 g/mol. The van der Waals surface area contributed by atoms with E-state index in [0.29, 0.717) is 43.8 Å².